The van der Waals surface area contributed by atoms with Crippen molar-refractivity contribution < 1.29 is 28.6 Å². The standard InChI is InChI=1S/C27H25FN2O5/c1-3-34-18-9-10-20(22(15-18)35-4-2)25(31)23-24(19-7-5-6-8-21(19)28)30(27(33)26(23)32)16-17-11-13-29-14-12-17/h5-15,24,31H,3-4,16H2,1-2H3/b25-23+. The summed E-state index contributed by atoms with van der Waals surface area (Å²) in [5, 5.41) is 11.4. The van der Waals surface area contributed by atoms with Crippen LogP contribution in [-0.4, -0.2) is 39.9 Å². The fourth-order valence-electron chi connectivity index (χ4n) is 4.12. The van der Waals surface area contributed by atoms with E-state index in [4.69, 9.17) is 9.47 Å². The Morgan fingerprint density at radius 2 is 1.74 bits per heavy atom. The van der Waals surface area contributed by atoms with E-state index in [9.17, 15) is 19.1 Å². The number of carbonyl (C=O) groups is 2. The van der Waals surface area contributed by atoms with E-state index in [-0.39, 0.29) is 29.0 Å². The third kappa shape index (κ3) is 4.73. The molecule has 4 rings (SSSR count). The number of hydrogen-bond donors (Lipinski definition) is 1. The van der Waals surface area contributed by atoms with Crippen LogP contribution >= 0.6 is 0 Å². The molecule has 1 aliphatic heterocycles. The summed E-state index contributed by atoms with van der Waals surface area (Å²) in [6.07, 6.45) is 3.14. The molecular formula is C27H25FN2O5. The predicted octanol–water partition coefficient (Wildman–Crippen LogP) is 4.64. The average molecular weight is 477 g/mol. The van der Waals surface area contributed by atoms with Gasteiger partial charge in [0.2, 0.25) is 0 Å². The highest BCUT2D eigenvalue weighted by Crippen LogP contribution is 2.42. The summed E-state index contributed by atoms with van der Waals surface area (Å²) in [6.45, 7) is 4.38. The highest BCUT2D eigenvalue weighted by atomic mass is 19.1. The molecule has 1 amide bonds. The molecule has 1 saturated heterocycles. The topological polar surface area (TPSA) is 89.0 Å². The van der Waals surface area contributed by atoms with E-state index in [1.807, 2.05) is 6.92 Å². The van der Waals surface area contributed by atoms with E-state index in [0.29, 0.717) is 24.5 Å². The fraction of sp³-hybridized carbons (Fsp3) is 0.222. The summed E-state index contributed by atoms with van der Waals surface area (Å²) < 4.78 is 26.2. The molecule has 0 radical (unpaired) electrons. The van der Waals surface area contributed by atoms with Crippen LogP contribution in [0.2, 0.25) is 0 Å². The Balaban J connectivity index is 1.89. The highest BCUT2D eigenvalue weighted by Gasteiger charge is 2.47. The fourth-order valence-corrected chi connectivity index (χ4v) is 4.12. The molecule has 8 heteroatoms. The third-order valence-corrected chi connectivity index (χ3v) is 5.66. The zero-order chi connectivity index (χ0) is 24.9. The van der Waals surface area contributed by atoms with Gasteiger partial charge in [0, 0.05) is 30.6 Å². The number of pyridine rings is 1. The van der Waals surface area contributed by atoms with Gasteiger partial charge in [-0.1, -0.05) is 18.2 Å². The lowest BCUT2D eigenvalue weighted by molar-refractivity contribution is -0.140. The van der Waals surface area contributed by atoms with Crippen molar-refractivity contribution >= 4 is 17.4 Å². The van der Waals surface area contributed by atoms with Crippen molar-refractivity contribution in [2.75, 3.05) is 13.2 Å². The number of ketones is 1. The molecule has 35 heavy (non-hydrogen) atoms. The van der Waals surface area contributed by atoms with Crippen molar-refractivity contribution in [2.45, 2.75) is 26.4 Å². The quantitative estimate of drug-likeness (QED) is 0.290. The van der Waals surface area contributed by atoms with Gasteiger partial charge in [-0.15, -0.1) is 0 Å². The van der Waals surface area contributed by atoms with Gasteiger partial charge in [-0.05, 0) is 49.7 Å². The van der Waals surface area contributed by atoms with Crippen LogP contribution in [0.3, 0.4) is 0 Å². The van der Waals surface area contributed by atoms with Crippen LogP contribution in [0.25, 0.3) is 5.76 Å². The Hall–Kier alpha value is -4.20. The Morgan fingerprint density at radius 3 is 2.43 bits per heavy atom. The van der Waals surface area contributed by atoms with Gasteiger partial charge in [0.15, 0.2) is 0 Å². The molecule has 0 aliphatic carbocycles. The number of likely N-dealkylation sites (tertiary alicyclic amines) is 1. The van der Waals surface area contributed by atoms with Gasteiger partial charge in [-0.25, -0.2) is 4.39 Å². The average Bonchev–Trinajstić information content (AvgIpc) is 3.10. The molecule has 1 atom stereocenters. The summed E-state index contributed by atoms with van der Waals surface area (Å²) in [5.74, 6) is -1.97. The zero-order valence-electron chi connectivity index (χ0n) is 19.4. The summed E-state index contributed by atoms with van der Waals surface area (Å²) in [7, 11) is 0. The van der Waals surface area contributed by atoms with Crippen LogP contribution in [0, 0.1) is 5.82 Å². The Morgan fingerprint density at radius 1 is 1.03 bits per heavy atom. The van der Waals surface area contributed by atoms with Gasteiger partial charge in [0.25, 0.3) is 11.7 Å². The highest BCUT2D eigenvalue weighted by molar-refractivity contribution is 6.46. The van der Waals surface area contributed by atoms with Crippen LogP contribution in [-0.2, 0) is 16.1 Å². The molecule has 1 fully saturated rings. The number of ether oxygens (including phenoxy) is 2. The maximum absolute atomic E-state index is 15.0. The van der Waals surface area contributed by atoms with Crippen LogP contribution in [0.4, 0.5) is 4.39 Å². The molecule has 7 nitrogen and oxygen atoms in total. The second-order valence-corrected chi connectivity index (χ2v) is 7.83. The molecule has 0 bridgehead atoms. The SMILES string of the molecule is CCOc1ccc(/C(O)=C2\C(=O)C(=O)N(Cc3ccncc3)C2c2ccccc2F)c(OCC)c1. The van der Waals surface area contributed by atoms with Crippen molar-refractivity contribution in [3.63, 3.8) is 0 Å². The van der Waals surface area contributed by atoms with Gasteiger partial charge in [-0.2, -0.15) is 0 Å². The number of carbonyl (C=O) groups excluding carboxylic acids is 2. The predicted molar refractivity (Wildman–Crippen MR) is 127 cm³/mol. The molecule has 180 valence electrons. The van der Waals surface area contributed by atoms with Gasteiger partial charge < -0.3 is 19.5 Å². The minimum absolute atomic E-state index is 0.0322. The summed E-state index contributed by atoms with van der Waals surface area (Å²) >= 11 is 0. The largest absolute Gasteiger partial charge is 0.507 e. The number of rotatable bonds is 8. The summed E-state index contributed by atoms with van der Waals surface area (Å²) in [4.78, 5) is 31.6. The van der Waals surface area contributed by atoms with E-state index in [2.05, 4.69) is 4.98 Å². The lowest BCUT2D eigenvalue weighted by atomic mass is 9.94. The Kier molecular flexibility index (Phi) is 7.10. The first-order chi connectivity index (χ1) is 17.0. The number of aliphatic hydroxyl groups is 1. The minimum Gasteiger partial charge on any atom is -0.507 e. The van der Waals surface area contributed by atoms with Crippen molar-refractivity contribution in [1.29, 1.82) is 0 Å². The number of aromatic nitrogens is 1. The Labute approximate surface area is 202 Å². The third-order valence-electron chi connectivity index (χ3n) is 5.66. The normalized spacial score (nSPS) is 17.0. The van der Waals surface area contributed by atoms with Crippen molar-refractivity contribution in [1.82, 2.24) is 9.88 Å². The molecule has 1 aromatic heterocycles. The van der Waals surface area contributed by atoms with E-state index in [1.54, 1.807) is 55.7 Å². The van der Waals surface area contributed by atoms with Gasteiger partial charge >= 0.3 is 0 Å². The number of benzene rings is 2. The maximum Gasteiger partial charge on any atom is 0.295 e. The van der Waals surface area contributed by atoms with E-state index in [0.717, 1.165) is 0 Å². The maximum atomic E-state index is 15.0. The van der Waals surface area contributed by atoms with E-state index in [1.165, 1.54) is 23.1 Å². The molecule has 1 N–H and O–H groups in total. The summed E-state index contributed by atoms with van der Waals surface area (Å²) in [5.41, 5.74) is 0.809. The van der Waals surface area contributed by atoms with Crippen LogP contribution in [0.5, 0.6) is 11.5 Å². The molecule has 1 unspecified atom stereocenters. The Bertz CT molecular complexity index is 1280. The molecule has 2 heterocycles. The second-order valence-electron chi connectivity index (χ2n) is 7.83. The summed E-state index contributed by atoms with van der Waals surface area (Å²) in [6, 6.07) is 13.0. The molecule has 2 aromatic carbocycles. The van der Waals surface area contributed by atoms with Crippen LogP contribution in [0.15, 0.2) is 72.6 Å². The van der Waals surface area contributed by atoms with Crippen LogP contribution < -0.4 is 9.47 Å². The number of Topliss-reactive ketones (excluding diaryl/α,β-unsaturated/α-hetero) is 1. The smallest absolute Gasteiger partial charge is 0.295 e. The molecular weight excluding hydrogens is 451 g/mol. The van der Waals surface area contributed by atoms with E-state index < -0.39 is 29.3 Å². The number of amides is 1. The van der Waals surface area contributed by atoms with Crippen molar-refractivity contribution in [3.05, 3.63) is 95.1 Å². The number of halogens is 1. The first-order valence-corrected chi connectivity index (χ1v) is 11.3. The first-order valence-electron chi connectivity index (χ1n) is 11.3. The van der Waals surface area contributed by atoms with Gasteiger partial charge in [-0.3, -0.25) is 14.6 Å². The number of nitrogens with zero attached hydrogens (tertiary/aromatic N) is 2. The van der Waals surface area contributed by atoms with Crippen molar-refractivity contribution in [2.24, 2.45) is 0 Å². The zero-order valence-corrected chi connectivity index (χ0v) is 19.4. The van der Waals surface area contributed by atoms with Crippen LogP contribution in [0.1, 0.15) is 36.6 Å². The molecule has 1 aliphatic rings. The minimum atomic E-state index is -1.13. The lowest BCUT2D eigenvalue weighted by Crippen LogP contribution is -2.29. The monoisotopic (exact) mass is 476 g/mol. The molecule has 3 aromatic rings. The number of hydrogen-bond acceptors (Lipinski definition) is 6. The second kappa shape index (κ2) is 10.4. The molecule has 0 spiro atoms. The first kappa shape index (κ1) is 23.9. The van der Waals surface area contributed by atoms with Gasteiger partial charge in [0.1, 0.15) is 23.1 Å². The molecule has 0 saturated carbocycles. The van der Waals surface area contributed by atoms with Crippen molar-refractivity contribution in [3.8, 4) is 11.5 Å². The van der Waals surface area contributed by atoms with Gasteiger partial charge in [0.05, 0.1) is 30.4 Å². The lowest BCUT2D eigenvalue weighted by Gasteiger charge is -2.26. The number of aliphatic hydroxyl groups excluding tert-OH is 1. The van der Waals surface area contributed by atoms with E-state index >= 15 is 0 Å².